The maximum absolute atomic E-state index is 13.2. The quantitative estimate of drug-likeness (QED) is 0.777. The molecule has 0 spiro atoms. The van der Waals surface area contributed by atoms with Gasteiger partial charge in [-0.1, -0.05) is 18.2 Å². The minimum Gasteiger partial charge on any atom is -0.497 e. The molecule has 1 saturated heterocycles. The Morgan fingerprint density at radius 2 is 1.97 bits per heavy atom. The van der Waals surface area contributed by atoms with Gasteiger partial charge in [0.15, 0.2) is 0 Å². The predicted octanol–water partition coefficient (Wildman–Crippen LogP) is 3.42. The number of nitrogens with zero attached hydrogens (tertiary/aromatic N) is 2. The summed E-state index contributed by atoms with van der Waals surface area (Å²) in [6, 6.07) is 13.3. The van der Waals surface area contributed by atoms with Crippen LogP contribution < -0.4 is 15.0 Å². The number of amides is 3. The first-order chi connectivity index (χ1) is 14.0. The number of hydrogen-bond acceptors (Lipinski definition) is 4. The first-order valence-corrected chi connectivity index (χ1v) is 9.60. The summed E-state index contributed by atoms with van der Waals surface area (Å²) in [5, 5.41) is 2.86. The van der Waals surface area contributed by atoms with Gasteiger partial charge in [0.1, 0.15) is 12.4 Å². The lowest BCUT2D eigenvalue weighted by molar-refractivity contribution is -0.119. The van der Waals surface area contributed by atoms with Crippen molar-refractivity contribution in [2.45, 2.75) is 19.9 Å². The van der Waals surface area contributed by atoms with Crippen LogP contribution in [0, 0.1) is 6.92 Å². The number of nitrogens with one attached hydrogen (secondary N) is 1. The highest BCUT2D eigenvalue weighted by atomic mass is 16.5. The van der Waals surface area contributed by atoms with E-state index in [2.05, 4.69) is 5.32 Å². The number of hydrogen-bond donors (Lipinski definition) is 1. The summed E-state index contributed by atoms with van der Waals surface area (Å²) in [4.78, 5) is 28.8. The van der Waals surface area contributed by atoms with E-state index in [1.807, 2.05) is 54.3 Å². The number of ether oxygens (including phenoxy) is 2. The van der Waals surface area contributed by atoms with Crippen molar-refractivity contribution in [2.75, 3.05) is 44.1 Å². The molecule has 1 aliphatic heterocycles. The molecule has 0 saturated carbocycles. The Morgan fingerprint density at radius 3 is 2.72 bits per heavy atom. The van der Waals surface area contributed by atoms with E-state index in [-0.39, 0.29) is 18.5 Å². The van der Waals surface area contributed by atoms with Gasteiger partial charge in [-0.05, 0) is 48.7 Å². The Bertz CT molecular complexity index is 884. The average Bonchev–Trinajstić information content (AvgIpc) is 2.70. The van der Waals surface area contributed by atoms with Gasteiger partial charge in [-0.2, -0.15) is 0 Å². The molecule has 2 aromatic carbocycles. The molecule has 7 nitrogen and oxygen atoms in total. The van der Waals surface area contributed by atoms with Gasteiger partial charge in [0.2, 0.25) is 5.91 Å². The zero-order valence-electron chi connectivity index (χ0n) is 17.1. The van der Waals surface area contributed by atoms with Crippen LogP contribution in [-0.4, -0.2) is 50.8 Å². The fraction of sp³-hybridized carbons (Fsp3) is 0.364. The summed E-state index contributed by atoms with van der Waals surface area (Å²) >= 11 is 0. The summed E-state index contributed by atoms with van der Waals surface area (Å²) in [5.41, 5.74) is 3.32. The summed E-state index contributed by atoms with van der Waals surface area (Å²) in [7, 11) is 3.10. The fourth-order valence-corrected chi connectivity index (χ4v) is 3.45. The molecule has 3 amide bonds. The molecule has 7 heteroatoms. The third-order valence-electron chi connectivity index (χ3n) is 4.81. The van der Waals surface area contributed by atoms with Crippen LogP contribution >= 0.6 is 0 Å². The summed E-state index contributed by atoms with van der Waals surface area (Å²) in [6.45, 7) is 3.70. The zero-order chi connectivity index (χ0) is 20.8. The SMILES string of the molecule is COCC(=O)Nc1cc(C)ccc1N1CCCN(Cc2cccc(OC)c2)C1=O. The predicted molar refractivity (Wildman–Crippen MR) is 112 cm³/mol. The van der Waals surface area contributed by atoms with Crippen LogP contribution in [0.15, 0.2) is 42.5 Å². The Kier molecular flexibility index (Phi) is 6.72. The van der Waals surface area contributed by atoms with Crippen LogP contribution in [0.25, 0.3) is 0 Å². The Labute approximate surface area is 171 Å². The molecule has 1 heterocycles. The zero-order valence-corrected chi connectivity index (χ0v) is 17.1. The molecule has 2 aromatic rings. The maximum atomic E-state index is 13.2. The Balaban J connectivity index is 1.81. The van der Waals surface area contributed by atoms with E-state index in [9.17, 15) is 9.59 Å². The number of urea groups is 1. The number of aryl methyl sites for hydroxylation is 1. The third kappa shape index (κ3) is 5.06. The van der Waals surface area contributed by atoms with Crippen molar-refractivity contribution in [3.63, 3.8) is 0 Å². The first kappa shape index (κ1) is 20.7. The van der Waals surface area contributed by atoms with Crippen LogP contribution in [0.4, 0.5) is 16.2 Å². The second-order valence-electron chi connectivity index (χ2n) is 7.06. The van der Waals surface area contributed by atoms with E-state index in [0.29, 0.717) is 31.0 Å². The lowest BCUT2D eigenvalue weighted by Gasteiger charge is -2.36. The number of carbonyl (C=O) groups excluding carboxylic acids is 2. The standard InChI is InChI=1S/C22H27N3O4/c1-16-8-9-20(19(12-16)23-21(26)15-28-2)25-11-5-10-24(22(25)27)14-17-6-4-7-18(13-17)29-3/h4,6-9,12-13H,5,10-11,14-15H2,1-3H3,(H,23,26). The molecule has 0 aliphatic carbocycles. The number of methoxy groups -OCH3 is 2. The summed E-state index contributed by atoms with van der Waals surface area (Å²) in [5.74, 6) is 0.516. The van der Waals surface area contributed by atoms with Crippen LogP contribution in [0.3, 0.4) is 0 Å². The minimum absolute atomic E-state index is 0.0384. The van der Waals surface area contributed by atoms with E-state index >= 15 is 0 Å². The third-order valence-corrected chi connectivity index (χ3v) is 4.81. The minimum atomic E-state index is -0.253. The van der Waals surface area contributed by atoms with Gasteiger partial charge in [0.25, 0.3) is 0 Å². The highest BCUT2D eigenvalue weighted by Crippen LogP contribution is 2.30. The van der Waals surface area contributed by atoms with Gasteiger partial charge < -0.3 is 19.7 Å². The molecule has 29 heavy (non-hydrogen) atoms. The van der Waals surface area contributed by atoms with Crippen molar-refractivity contribution in [1.82, 2.24) is 4.90 Å². The van der Waals surface area contributed by atoms with Crippen molar-refractivity contribution >= 4 is 23.3 Å². The van der Waals surface area contributed by atoms with E-state index in [0.717, 1.165) is 23.3 Å². The lowest BCUT2D eigenvalue weighted by Crippen LogP contribution is -2.49. The van der Waals surface area contributed by atoms with E-state index < -0.39 is 0 Å². The second-order valence-corrected chi connectivity index (χ2v) is 7.06. The number of carbonyl (C=O) groups is 2. The topological polar surface area (TPSA) is 71.1 Å². The van der Waals surface area contributed by atoms with Crippen LogP contribution in [0.1, 0.15) is 17.5 Å². The highest BCUT2D eigenvalue weighted by Gasteiger charge is 2.28. The van der Waals surface area contributed by atoms with Crippen molar-refractivity contribution < 1.29 is 19.1 Å². The molecule has 0 atom stereocenters. The summed E-state index contributed by atoms with van der Waals surface area (Å²) < 4.78 is 10.2. The molecule has 1 aliphatic rings. The molecule has 0 aromatic heterocycles. The van der Waals surface area contributed by atoms with Crippen molar-refractivity contribution in [1.29, 1.82) is 0 Å². The normalized spacial score (nSPS) is 14.1. The van der Waals surface area contributed by atoms with Gasteiger partial charge in [0, 0.05) is 26.7 Å². The molecule has 0 radical (unpaired) electrons. The number of rotatable bonds is 7. The van der Waals surface area contributed by atoms with E-state index in [1.165, 1.54) is 7.11 Å². The van der Waals surface area contributed by atoms with Crippen LogP contribution in [-0.2, 0) is 16.1 Å². The van der Waals surface area contributed by atoms with Gasteiger partial charge in [-0.3, -0.25) is 9.69 Å². The average molecular weight is 397 g/mol. The second kappa shape index (κ2) is 9.43. The van der Waals surface area contributed by atoms with Crippen LogP contribution in [0.5, 0.6) is 5.75 Å². The van der Waals surface area contributed by atoms with Crippen LogP contribution in [0.2, 0.25) is 0 Å². The van der Waals surface area contributed by atoms with Gasteiger partial charge >= 0.3 is 6.03 Å². The molecule has 0 bridgehead atoms. The van der Waals surface area contributed by atoms with Crippen molar-refractivity contribution in [3.8, 4) is 5.75 Å². The van der Waals surface area contributed by atoms with Gasteiger partial charge in [-0.15, -0.1) is 0 Å². The monoisotopic (exact) mass is 397 g/mol. The van der Waals surface area contributed by atoms with Gasteiger partial charge in [0.05, 0.1) is 18.5 Å². The van der Waals surface area contributed by atoms with Crippen molar-refractivity contribution in [3.05, 3.63) is 53.6 Å². The van der Waals surface area contributed by atoms with Crippen molar-refractivity contribution in [2.24, 2.45) is 0 Å². The largest absolute Gasteiger partial charge is 0.497 e. The first-order valence-electron chi connectivity index (χ1n) is 9.60. The summed E-state index contributed by atoms with van der Waals surface area (Å²) in [6.07, 6.45) is 0.842. The number of anilines is 2. The van der Waals surface area contributed by atoms with Gasteiger partial charge in [-0.25, -0.2) is 4.79 Å². The molecule has 0 unspecified atom stereocenters. The molecule has 1 fully saturated rings. The molecule has 3 rings (SSSR count). The maximum Gasteiger partial charge on any atom is 0.324 e. The molecule has 154 valence electrons. The Morgan fingerprint density at radius 1 is 1.14 bits per heavy atom. The Hall–Kier alpha value is -3.06. The molecule has 1 N–H and O–H groups in total. The lowest BCUT2D eigenvalue weighted by atomic mass is 10.1. The smallest absolute Gasteiger partial charge is 0.324 e. The number of benzene rings is 2. The fourth-order valence-electron chi connectivity index (χ4n) is 3.45. The molecular weight excluding hydrogens is 370 g/mol. The van der Waals surface area contributed by atoms with E-state index in [1.54, 1.807) is 12.0 Å². The highest BCUT2D eigenvalue weighted by molar-refractivity contribution is 6.01. The van der Waals surface area contributed by atoms with E-state index in [4.69, 9.17) is 9.47 Å². The molecular formula is C22H27N3O4.